The highest BCUT2D eigenvalue weighted by Crippen LogP contribution is 2.37. The Labute approximate surface area is 235 Å². The van der Waals surface area contributed by atoms with Crippen LogP contribution >= 0.6 is 0 Å². The van der Waals surface area contributed by atoms with E-state index in [1.165, 1.54) is 22.3 Å². The third-order valence-corrected chi connectivity index (χ3v) is 7.34. The molecule has 0 atom stereocenters. The topological polar surface area (TPSA) is 33.7 Å². The summed E-state index contributed by atoms with van der Waals surface area (Å²) in [5.74, 6) is 5.01. The summed E-state index contributed by atoms with van der Waals surface area (Å²) in [6.07, 6.45) is 5.81. The van der Waals surface area contributed by atoms with Gasteiger partial charge in [-0.15, -0.1) is 15.8 Å². The lowest BCUT2D eigenvalue weighted by Crippen LogP contribution is -2.39. The number of terminal acetylenes is 1. The fourth-order valence-corrected chi connectivity index (χ4v) is 5.35. The first-order valence-corrected chi connectivity index (χ1v) is 14.2. The zero-order valence-corrected chi connectivity index (χ0v) is 24.8. The van der Waals surface area contributed by atoms with Crippen molar-refractivity contribution < 1.29 is 4.68 Å². The van der Waals surface area contributed by atoms with Gasteiger partial charge in [0.25, 0.3) is 5.82 Å². The summed E-state index contributed by atoms with van der Waals surface area (Å²) in [7, 11) is 0. The largest absolute Gasteiger partial charge is 0.290 e. The predicted octanol–water partition coefficient (Wildman–Crippen LogP) is 8.35. The zero-order chi connectivity index (χ0) is 28.3. The fraction of sp³-hybridized carbons (Fsp3) is 0.371. The van der Waals surface area contributed by atoms with Crippen LogP contribution in [0.2, 0.25) is 0 Å². The number of nitrogens with zero attached hydrogens (tertiary/aromatic N) is 3. The molecule has 0 aliphatic rings. The van der Waals surface area contributed by atoms with Crippen LogP contribution in [-0.2, 0) is 0 Å². The second kappa shape index (κ2) is 11.9. The first-order valence-electron chi connectivity index (χ1n) is 14.2. The maximum atomic E-state index is 5.81. The molecule has 0 aliphatic carbocycles. The molecule has 0 saturated heterocycles. The van der Waals surface area contributed by atoms with Gasteiger partial charge < -0.3 is 0 Å². The average molecular weight is 520 g/mol. The van der Waals surface area contributed by atoms with Gasteiger partial charge in [-0.1, -0.05) is 128 Å². The Balaban J connectivity index is 2.23. The van der Waals surface area contributed by atoms with E-state index in [0.29, 0.717) is 30.2 Å². The van der Waals surface area contributed by atoms with Crippen LogP contribution in [0.25, 0.3) is 22.6 Å². The van der Waals surface area contributed by atoms with E-state index in [1.807, 2.05) is 0 Å². The highest BCUT2D eigenvalue weighted by Gasteiger charge is 2.34. The Morgan fingerprint density at radius 3 is 1.67 bits per heavy atom. The van der Waals surface area contributed by atoms with E-state index in [1.54, 1.807) is 0 Å². The number of para-hydroxylation sites is 2. The predicted molar refractivity (Wildman–Crippen MR) is 164 cm³/mol. The van der Waals surface area contributed by atoms with Crippen LogP contribution in [0.1, 0.15) is 101 Å². The number of nitrogens with one attached hydrogen (secondary N) is 1. The third-order valence-electron chi connectivity index (χ3n) is 7.34. The average Bonchev–Trinajstić information content (AvgIpc) is 3.29. The van der Waals surface area contributed by atoms with Crippen molar-refractivity contribution in [3.05, 3.63) is 89.0 Å². The number of benzene rings is 3. The van der Waals surface area contributed by atoms with Gasteiger partial charge in [-0.3, -0.25) is 5.32 Å². The van der Waals surface area contributed by atoms with Gasteiger partial charge in [0, 0.05) is 10.8 Å². The first-order chi connectivity index (χ1) is 18.7. The van der Waals surface area contributed by atoms with E-state index in [-0.39, 0.29) is 0 Å². The molecule has 0 unspecified atom stereocenters. The molecule has 1 N–H and O–H groups in total. The Kier molecular flexibility index (Phi) is 8.60. The molecular weight excluding hydrogens is 476 g/mol. The van der Waals surface area contributed by atoms with Crippen molar-refractivity contribution in [2.45, 2.75) is 79.1 Å². The minimum Gasteiger partial charge on any atom is -0.290 e. The molecule has 0 aliphatic heterocycles. The maximum Gasteiger partial charge on any atom is 0.289 e. The van der Waals surface area contributed by atoms with E-state index in [9.17, 15) is 0 Å². The maximum absolute atomic E-state index is 5.81. The van der Waals surface area contributed by atoms with E-state index < -0.39 is 0 Å². The fourth-order valence-electron chi connectivity index (χ4n) is 5.35. The van der Waals surface area contributed by atoms with Crippen LogP contribution in [0.3, 0.4) is 0 Å². The second-order valence-electron chi connectivity index (χ2n) is 11.5. The number of rotatable bonds is 9. The van der Waals surface area contributed by atoms with Crippen molar-refractivity contribution in [1.29, 1.82) is 0 Å². The highest BCUT2D eigenvalue weighted by atomic mass is 15.5. The highest BCUT2D eigenvalue weighted by molar-refractivity contribution is 5.73. The quantitative estimate of drug-likeness (QED) is 0.178. The summed E-state index contributed by atoms with van der Waals surface area (Å²) in [5, 5.41) is 9.05. The normalized spacial score (nSPS) is 11.6. The summed E-state index contributed by atoms with van der Waals surface area (Å²) in [4.78, 5) is 0. The molecule has 4 aromatic rings. The molecule has 4 rings (SSSR count). The summed E-state index contributed by atoms with van der Waals surface area (Å²) < 4.78 is 4.28. The molecule has 0 bridgehead atoms. The van der Waals surface area contributed by atoms with Crippen LogP contribution in [0.5, 0.6) is 0 Å². The molecular formula is C35H43N4+. The number of hydrogen-bond acceptors (Lipinski definition) is 2. The van der Waals surface area contributed by atoms with Crippen molar-refractivity contribution in [2.75, 3.05) is 11.9 Å². The molecule has 0 amide bonds. The monoisotopic (exact) mass is 519 g/mol. The van der Waals surface area contributed by atoms with Gasteiger partial charge in [-0.25, -0.2) is 0 Å². The van der Waals surface area contributed by atoms with E-state index in [4.69, 9.17) is 11.6 Å². The molecule has 3 aromatic carbocycles. The Morgan fingerprint density at radius 2 is 1.21 bits per heavy atom. The summed E-state index contributed by atoms with van der Waals surface area (Å²) in [6, 6.07) is 23.8. The van der Waals surface area contributed by atoms with Crippen molar-refractivity contribution in [2.24, 2.45) is 0 Å². The third kappa shape index (κ3) is 5.50. The molecule has 0 fully saturated rings. The van der Waals surface area contributed by atoms with E-state index in [0.717, 1.165) is 28.5 Å². The van der Waals surface area contributed by atoms with E-state index >= 15 is 0 Å². The summed E-state index contributed by atoms with van der Waals surface area (Å²) in [5.41, 5.74) is 9.46. The van der Waals surface area contributed by atoms with Crippen LogP contribution in [0.4, 0.5) is 5.82 Å². The van der Waals surface area contributed by atoms with Crippen molar-refractivity contribution in [3.63, 3.8) is 0 Å². The van der Waals surface area contributed by atoms with Gasteiger partial charge in [0.2, 0.25) is 5.69 Å². The molecule has 0 radical (unpaired) electrons. The number of aromatic nitrogens is 3. The SMILES string of the molecule is C#CCNc1c(-c2ccccc2)n(-c2c(C(C)C)cccc2C(C)C)n[n+]1-c1c(C(C)C)cccc1C(C)C. The minimum absolute atomic E-state index is 0.325. The lowest BCUT2D eigenvalue weighted by molar-refractivity contribution is -0.648. The van der Waals surface area contributed by atoms with Crippen LogP contribution < -0.4 is 10.00 Å². The molecule has 39 heavy (non-hydrogen) atoms. The van der Waals surface area contributed by atoms with Gasteiger partial charge in [-0.2, -0.15) is 0 Å². The van der Waals surface area contributed by atoms with Crippen LogP contribution in [0, 0.1) is 12.3 Å². The first kappa shape index (κ1) is 28.2. The molecule has 4 heteroatoms. The number of anilines is 1. The Morgan fingerprint density at radius 1 is 0.718 bits per heavy atom. The van der Waals surface area contributed by atoms with Crippen LogP contribution in [0.15, 0.2) is 66.7 Å². The Bertz CT molecular complexity index is 1410. The lowest BCUT2D eigenvalue weighted by Gasteiger charge is -2.18. The van der Waals surface area contributed by atoms with Gasteiger partial charge in [0.05, 0.1) is 0 Å². The van der Waals surface area contributed by atoms with Gasteiger partial charge >= 0.3 is 0 Å². The molecule has 1 heterocycles. The molecule has 1 aromatic heterocycles. The molecule has 4 nitrogen and oxygen atoms in total. The van der Waals surface area contributed by atoms with Gasteiger partial charge in [0.15, 0.2) is 0 Å². The van der Waals surface area contributed by atoms with Crippen molar-refractivity contribution in [1.82, 2.24) is 9.90 Å². The standard InChI is InChI=1S/C35H43N4/c1-10-22-36-35-32(27-16-12-11-13-17-27)38(33-28(23(2)3)18-14-19-29(33)24(4)5)37-39(35)34-30(25(6)7)20-15-21-31(34)26(8)9/h1,11-21,23-26,36H,22H2,2-9H3/q+1. The van der Waals surface area contributed by atoms with Crippen molar-refractivity contribution >= 4 is 5.82 Å². The van der Waals surface area contributed by atoms with Gasteiger partial charge in [-0.05, 0) is 45.9 Å². The molecule has 202 valence electrons. The Hall–Kier alpha value is -3.84. The summed E-state index contributed by atoms with van der Waals surface area (Å²) in [6.45, 7) is 18.4. The number of hydrogen-bond donors (Lipinski definition) is 1. The second-order valence-corrected chi connectivity index (χ2v) is 11.5. The minimum atomic E-state index is 0.325. The van der Waals surface area contributed by atoms with Crippen LogP contribution in [-0.4, -0.2) is 16.4 Å². The zero-order valence-electron chi connectivity index (χ0n) is 24.8. The lowest BCUT2D eigenvalue weighted by atomic mass is 9.92. The van der Waals surface area contributed by atoms with Crippen molar-refractivity contribution in [3.8, 4) is 35.0 Å². The molecule has 0 spiro atoms. The van der Waals surface area contributed by atoms with Gasteiger partial charge in [0.1, 0.15) is 17.9 Å². The van der Waals surface area contributed by atoms with E-state index in [2.05, 4.69) is 143 Å². The smallest absolute Gasteiger partial charge is 0.289 e. The summed E-state index contributed by atoms with van der Waals surface area (Å²) >= 11 is 0. The molecule has 0 saturated carbocycles.